The topological polar surface area (TPSA) is 75.3 Å². The molecule has 1 fully saturated rings. The second-order valence-electron chi connectivity index (χ2n) is 4.51. The largest absolute Gasteiger partial charge is 0.352 e. The fourth-order valence-corrected chi connectivity index (χ4v) is 2.87. The molecule has 5 nitrogen and oxygen atoms in total. The van der Waals surface area contributed by atoms with Crippen LogP contribution < -0.4 is 10.0 Å². The molecule has 1 saturated carbocycles. The zero-order chi connectivity index (χ0) is 14.0. The summed E-state index contributed by atoms with van der Waals surface area (Å²) in [4.78, 5) is 11.8. The molecule has 1 aromatic carbocycles. The molecule has 1 aliphatic carbocycles. The van der Waals surface area contributed by atoms with Crippen molar-refractivity contribution in [1.82, 2.24) is 10.0 Å². The normalized spacial score (nSPS) is 15.3. The van der Waals surface area contributed by atoms with Crippen molar-refractivity contribution in [2.45, 2.75) is 17.7 Å². The van der Waals surface area contributed by atoms with E-state index >= 15 is 0 Å². The van der Waals surface area contributed by atoms with E-state index in [-0.39, 0.29) is 15.8 Å². The van der Waals surface area contributed by atoms with E-state index in [0.29, 0.717) is 18.0 Å². The van der Waals surface area contributed by atoms with Crippen molar-refractivity contribution in [2.24, 2.45) is 5.92 Å². The molecule has 1 aromatic rings. The number of nitrogens with one attached hydrogen (secondary N) is 2. The first-order chi connectivity index (χ1) is 8.94. The first-order valence-corrected chi connectivity index (χ1v) is 7.81. The first-order valence-electron chi connectivity index (χ1n) is 5.95. The molecule has 0 heterocycles. The summed E-state index contributed by atoms with van der Waals surface area (Å²) >= 11 is 5.85. The SMILES string of the molecule is CNS(=O)(=O)c1cc(C(=O)NCC2CC2)ccc1Cl. The zero-order valence-corrected chi connectivity index (χ0v) is 12.0. The highest BCUT2D eigenvalue weighted by atomic mass is 35.5. The summed E-state index contributed by atoms with van der Waals surface area (Å²) in [5, 5.41) is 2.87. The average molecular weight is 303 g/mol. The summed E-state index contributed by atoms with van der Waals surface area (Å²) in [7, 11) is -2.37. The predicted molar refractivity (Wildman–Crippen MR) is 72.8 cm³/mol. The van der Waals surface area contributed by atoms with E-state index in [0.717, 1.165) is 12.8 Å². The molecule has 104 valence electrons. The summed E-state index contributed by atoms with van der Waals surface area (Å²) in [5.41, 5.74) is 0.291. The Balaban J connectivity index is 2.22. The molecule has 0 aromatic heterocycles. The van der Waals surface area contributed by atoms with E-state index in [1.165, 1.54) is 25.2 Å². The van der Waals surface area contributed by atoms with Crippen molar-refractivity contribution in [3.8, 4) is 0 Å². The lowest BCUT2D eigenvalue weighted by molar-refractivity contribution is 0.0951. The third kappa shape index (κ3) is 3.46. The lowest BCUT2D eigenvalue weighted by Crippen LogP contribution is -2.26. The standard InChI is InChI=1S/C12H15ClN2O3S/c1-14-19(17,18)11-6-9(4-5-10(11)13)12(16)15-7-8-2-3-8/h4-6,8,14H,2-3,7H2,1H3,(H,15,16). The molecular weight excluding hydrogens is 288 g/mol. The van der Waals surface area contributed by atoms with Gasteiger partial charge in [0.25, 0.3) is 5.91 Å². The summed E-state index contributed by atoms with van der Waals surface area (Å²) in [6, 6.07) is 4.22. The Morgan fingerprint density at radius 3 is 2.68 bits per heavy atom. The lowest BCUT2D eigenvalue weighted by atomic mass is 10.2. The predicted octanol–water partition coefficient (Wildman–Crippen LogP) is 1.39. The summed E-state index contributed by atoms with van der Waals surface area (Å²) in [6.45, 7) is 0.634. The van der Waals surface area contributed by atoms with E-state index in [9.17, 15) is 13.2 Å². The number of carbonyl (C=O) groups excluding carboxylic acids is 1. The van der Waals surface area contributed by atoms with Gasteiger partial charge in [-0.3, -0.25) is 4.79 Å². The van der Waals surface area contributed by atoms with E-state index < -0.39 is 10.0 Å². The quantitative estimate of drug-likeness (QED) is 0.863. The summed E-state index contributed by atoms with van der Waals surface area (Å²) < 4.78 is 25.7. The van der Waals surface area contributed by atoms with Crippen LogP contribution in [0.2, 0.25) is 5.02 Å². The maximum absolute atomic E-state index is 11.9. The van der Waals surface area contributed by atoms with Gasteiger partial charge in [-0.2, -0.15) is 0 Å². The van der Waals surface area contributed by atoms with Crippen LogP contribution in [0.1, 0.15) is 23.2 Å². The van der Waals surface area contributed by atoms with Gasteiger partial charge < -0.3 is 5.32 Å². The number of halogens is 1. The number of hydrogen-bond acceptors (Lipinski definition) is 3. The van der Waals surface area contributed by atoms with Crippen molar-refractivity contribution >= 4 is 27.5 Å². The van der Waals surface area contributed by atoms with Crippen LogP contribution in [0.4, 0.5) is 0 Å². The molecule has 0 spiro atoms. The molecule has 2 N–H and O–H groups in total. The number of benzene rings is 1. The molecule has 1 aliphatic rings. The van der Waals surface area contributed by atoms with Crippen LogP contribution in [0.15, 0.2) is 23.1 Å². The number of rotatable bonds is 5. The van der Waals surface area contributed by atoms with Gasteiger partial charge in [-0.1, -0.05) is 11.6 Å². The first kappa shape index (κ1) is 14.3. The van der Waals surface area contributed by atoms with Crippen molar-refractivity contribution in [3.05, 3.63) is 28.8 Å². The highest BCUT2D eigenvalue weighted by Gasteiger charge is 2.23. The second-order valence-corrected chi connectivity index (χ2v) is 6.77. The van der Waals surface area contributed by atoms with Crippen LogP contribution in [-0.2, 0) is 10.0 Å². The Bertz CT molecular complexity index is 597. The van der Waals surface area contributed by atoms with Crippen molar-refractivity contribution in [1.29, 1.82) is 0 Å². The minimum absolute atomic E-state index is 0.0873. The lowest BCUT2D eigenvalue weighted by Gasteiger charge is -2.08. The molecule has 0 aliphatic heterocycles. The average Bonchev–Trinajstić information content (AvgIpc) is 3.20. The van der Waals surface area contributed by atoms with Gasteiger partial charge in [-0.05, 0) is 44.0 Å². The molecule has 1 amide bonds. The van der Waals surface area contributed by atoms with E-state index in [2.05, 4.69) is 10.0 Å². The van der Waals surface area contributed by atoms with Gasteiger partial charge in [0.2, 0.25) is 10.0 Å². The van der Waals surface area contributed by atoms with Gasteiger partial charge in [-0.25, -0.2) is 13.1 Å². The van der Waals surface area contributed by atoms with Gasteiger partial charge in [-0.15, -0.1) is 0 Å². The molecular formula is C12H15ClN2O3S. The van der Waals surface area contributed by atoms with Crippen LogP contribution >= 0.6 is 11.6 Å². The fraction of sp³-hybridized carbons (Fsp3) is 0.417. The van der Waals surface area contributed by atoms with Crippen LogP contribution in [-0.4, -0.2) is 27.9 Å². The molecule has 2 rings (SSSR count). The molecule has 19 heavy (non-hydrogen) atoms. The Kier molecular flexibility index (Phi) is 4.13. The number of amides is 1. The highest BCUT2D eigenvalue weighted by Crippen LogP contribution is 2.28. The Morgan fingerprint density at radius 2 is 2.11 bits per heavy atom. The summed E-state index contributed by atoms with van der Waals surface area (Å²) in [5.74, 6) is 0.285. The smallest absolute Gasteiger partial charge is 0.251 e. The second kappa shape index (κ2) is 5.48. The molecule has 0 bridgehead atoms. The van der Waals surface area contributed by atoms with Crippen LogP contribution in [0.5, 0.6) is 0 Å². The van der Waals surface area contributed by atoms with Gasteiger partial charge in [0.1, 0.15) is 4.90 Å². The number of hydrogen-bond donors (Lipinski definition) is 2. The summed E-state index contributed by atoms with van der Waals surface area (Å²) in [6.07, 6.45) is 2.28. The Labute approximate surface area is 117 Å². The van der Waals surface area contributed by atoms with Gasteiger partial charge in [0, 0.05) is 12.1 Å². The van der Waals surface area contributed by atoms with Crippen molar-refractivity contribution < 1.29 is 13.2 Å². The Hall–Kier alpha value is -1.11. The minimum atomic E-state index is -3.67. The van der Waals surface area contributed by atoms with Crippen LogP contribution in [0, 0.1) is 5.92 Å². The molecule has 0 atom stereocenters. The van der Waals surface area contributed by atoms with Crippen LogP contribution in [0.25, 0.3) is 0 Å². The van der Waals surface area contributed by atoms with E-state index in [4.69, 9.17) is 11.6 Å². The van der Waals surface area contributed by atoms with Crippen molar-refractivity contribution in [3.63, 3.8) is 0 Å². The Morgan fingerprint density at radius 1 is 1.42 bits per heavy atom. The highest BCUT2D eigenvalue weighted by molar-refractivity contribution is 7.89. The molecule has 0 unspecified atom stereocenters. The number of carbonyl (C=O) groups is 1. The van der Waals surface area contributed by atoms with Crippen LogP contribution in [0.3, 0.4) is 0 Å². The molecule has 0 saturated heterocycles. The van der Waals surface area contributed by atoms with E-state index in [1.807, 2.05) is 0 Å². The molecule has 0 radical (unpaired) electrons. The zero-order valence-electron chi connectivity index (χ0n) is 10.4. The minimum Gasteiger partial charge on any atom is -0.352 e. The van der Waals surface area contributed by atoms with E-state index in [1.54, 1.807) is 0 Å². The van der Waals surface area contributed by atoms with Crippen molar-refractivity contribution in [2.75, 3.05) is 13.6 Å². The third-order valence-electron chi connectivity index (χ3n) is 3.00. The molecule has 7 heteroatoms. The van der Waals surface area contributed by atoms with Gasteiger partial charge >= 0.3 is 0 Å². The monoisotopic (exact) mass is 302 g/mol. The number of sulfonamides is 1. The van der Waals surface area contributed by atoms with Gasteiger partial charge in [0.15, 0.2) is 0 Å². The fourth-order valence-electron chi connectivity index (χ4n) is 1.62. The maximum Gasteiger partial charge on any atom is 0.251 e. The third-order valence-corrected chi connectivity index (χ3v) is 4.90. The maximum atomic E-state index is 11.9. The van der Waals surface area contributed by atoms with Gasteiger partial charge in [0.05, 0.1) is 5.02 Å².